The lowest BCUT2D eigenvalue weighted by molar-refractivity contribution is -0.885. The number of hydrogen-bond donors (Lipinski definition) is 2. The average molecular weight is 341 g/mol. The van der Waals surface area contributed by atoms with Crippen molar-refractivity contribution < 1.29 is 19.2 Å². The van der Waals surface area contributed by atoms with Crippen molar-refractivity contribution in [1.82, 2.24) is 0 Å². The molecule has 1 amide bonds. The highest BCUT2D eigenvalue weighted by atomic mass is 16.5. The number of rotatable bonds is 7. The molecule has 132 valence electrons. The number of carbonyl (C=O) groups is 2. The maximum absolute atomic E-state index is 12.3. The number of amides is 1. The number of hydrogen-bond acceptors (Lipinski definition) is 3. The molecule has 0 saturated carbocycles. The predicted octanol–water partition coefficient (Wildman–Crippen LogP) is 1.69. The highest BCUT2D eigenvalue weighted by Gasteiger charge is 2.15. The minimum atomic E-state index is -0.465. The molecule has 0 radical (unpaired) electrons. The summed E-state index contributed by atoms with van der Waals surface area (Å²) in [6.07, 6.45) is 1.02. The summed E-state index contributed by atoms with van der Waals surface area (Å²) in [4.78, 5) is 25.1. The second-order valence-electron chi connectivity index (χ2n) is 6.07. The van der Waals surface area contributed by atoms with E-state index in [-0.39, 0.29) is 5.91 Å². The molecule has 1 atom stereocenters. The Morgan fingerprint density at radius 2 is 1.68 bits per heavy atom. The first-order valence-electron chi connectivity index (χ1n) is 8.39. The van der Waals surface area contributed by atoms with E-state index in [0.29, 0.717) is 17.8 Å². The standard InChI is InChI=1S/C20H24N2O3/c1-4-15-9-11-16(12-10-15)13-22(2)14-19(23)21-18-8-6-5-7-17(18)20(24)25-3/h5-12H,4,13-14H2,1-3H3,(H,21,23)/p+1. The van der Waals surface area contributed by atoms with E-state index < -0.39 is 5.97 Å². The van der Waals surface area contributed by atoms with E-state index in [0.717, 1.165) is 17.9 Å². The molecule has 5 nitrogen and oxygen atoms in total. The molecule has 5 heteroatoms. The zero-order valence-corrected chi connectivity index (χ0v) is 15.0. The highest BCUT2D eigenvalue weighted by molar-refractivity contribution is 6.01. The van der Waals surface area contributed by atoms with Crippen LogP contribution in [0.1, 0.15) is 28.4 Å². The summed E-state index contributed by atoms with van der Waals surface area (Å²) in [6.45, 7) is 3.20. The van der Waals surface area contributed by atoms with Gasteiger partial charge in [-0.15, -0.1) is 0 Å². The number of methoxy groups -OCH3 is 1. The third-order valence-electron chi connectivity index (χ3n) is 4.01. The van der Waals surface area contributed by atoms with Gasteiger partial charge in [-0.05, 0) is 24.1 Å². The molecule has 2 aromatic rings. The monoisotopic (exact) mass is 341 g/mol. The Labute approximate surface area is 148 Å². The van der Waals surface area contributed by atoms with Gasteiger partial charge in [0.15, 0.2) is 6.54 Å². The van der Waals surface area contributed by atoms with Crippen LogP contribution in [-0.2, 0) is 22.5 Å². The van der Waals surface area contributed by atoms with Gasteiger partial charge in [-0.3, -0.25) is 4.79 Å². The molecule has 2 aromatic carbocycles. The maximum atomic E-state index is 12.3. The van der Waals surface area contributed by atoms with Gasteiger partial charge >= 0.3 is 5.97 Å². The summed E-state index contributed by atoms with van der Waals surface area (Å²) in [5, 5.41) is 2.80. The molecule has 2 N–H and O–H groups in total. The van der Waals surface area contributed by atoms with Crippen molar-refractivity contribution in [1.29, 1.82) is 0 Å². The van der Waals surface area contributed by atoms with Crippen LogP contribution in [0.4, 0.5) is 5.69 Å². The van der Waals surface area contributed by atoms with Gasteiger partial charge in [-0.25, -0.2) is 4.79 Å². The Balaban J connectivity index is 1.94. The van der Waals surface area contributed by atoms with Gasteiger partial charge in [-0.1, -0.05) is 43.3 Å². The molecular formula is C20H25N2O3+. The Morgan fingerprint density at radius 1 is 1.04 bits per heavy atom. The number of aryl methyl sites for hydroxylation is 1. The fourth-order valence-corrected chi connectivity index (χ4v) is 2.65. The average Bonchev–Trinajstić information content (AvgIpc) is 2.62. The zero-order valence-electron chi connectivity index (χ0n) is 15.0. The first kappa shape index (κ1) is 18.7. The number of carbonyl (C=O) groups excluding carboxylic acids is 2. The van der Waals surface area contributed by atoms with E-state index in [2.05, 4.69) is 36.5 Å². The molecule has 0 aliphatic carbocycles. The van der Waals surface area contributed by atoms with E-state index in [1.54, 1.807) is 24.3 Å². The lowest BCUT2D eigenvalue weighted by Gasteiger charge is -2.15. The van der Waals surface area contributed by atoms with Crippen molar-refractivity contribution in [3.63, 3.8) is 0 Å². The van der Waals surface area contributed by atoms with Crippen LogP contribution in [0.15, 0.2) is 48.5 Å². The number of nitrogens with one attached hydrogen (secondary N) is 2. The molecule has 0 saturated heterocycles. The van der Waals surface area contributed by atoms with E-state index >= 15 is 0 Å². The number of para-hydroxylation sites is 1. The summed E-state index contributed by atoms with van der Waals surface area (Å²) in [7, 11) is 3.29. The molecule has 0 aliphatic rings. The Morgan fingerprint density at radius 3 is 2.32 bits per heavy atom. The topological polar surface area (TPSA) is 59.8 Å². The van der Waals surface area contributed by atoms with Gasteiger partial charge in [0, 0.05) is 5.56 Å². The van der Waals surface area contributed by atoms with E-state index in [4.69, 9.17) is 4.74 Å². The van der Waals surface area contributed by atoms with E-state index in [9.17, 15) is 9.59 Å². The van der Waals surface area contributed by atoms with Gasteiger partial charge in [0.05, 0.1) is 25.4 Å². The highest BCUT2D eigenvalue weighted by Crippen LogP contribution is 2.15. The van der Waals surface area contributed by atoms with Crippen molar-refractivity contribution in [3.05, 3.63) is 65.2 Å². The molecule has 2 rings (SSSR count). The normalized spacial score (nSPS) is 11.6. The molecular weight excluding hydrogens is 316 g/mol. The molecule has 25 heavy (non-hydrogen) atoms. The smallest absolute Gasteiger partial charge is 0.339 e. The molecule has 0 aliphatic heterocycles. The van der Waals surface area contributed by atoms with Crippen LogP contribution in [0.3, 0.4) is 0 Å². The van der Waals surface area contributed by atoms with Crippen molar-refractivity contribution in [2.45, 2.75) is 19.9 Å². The Bertz CT molecular complexity index is 726. The summed E-state index contributed by atoms with van der Waals surface area (Å²) in [5.74, 6) is -0.605. The third-order valence-corrected chi connectivity index (χ3v) is 4.01. The number of benzene rings is 2. The van der Waals surface area contributed by atoms with Crippen LogP contribution < -0.4 is 10.2 Å². The fraction of sp³-hybridized carbons (Fsp3) is 0.300. The van der Waals surface area contributed by atoms with Crippen LogP contribution in [0.2, 0.25) is 0 Å². The largest absolute Gasteiger partial charge is 0.465 e. The van der Waals surface area contributed by atoms with Gasteiger partial charge in [0.25, 0.3) is 5.91 Å². The number of ether oxygens (including phenoxy) is 1. The Hall–Kier alpha value is -2.66. The Kier molecular flexibility index (Phi) is 6.71. The minimum absolute atomic E-state index is 0.140. The van der Waals surface area contributed by atoms with Crippen molar-refractivity contribution in [2.24, 2.45) is 0 Å². The van der Waals surface area contributed by atoms with Crippen LogP contribution in [0.5, 0.6) is 0 Å². The third kappa shape index (κ3) is 5.43. The van der Waals surface area contributed by atoms with Crippen LogP contribution in [0.25, 0.3) is 0 Å². The lowest BCUT2D eigenvalue weighted by atomic mass is 10.1. The second kappa shape index (κ2) is 8.99. The number of esters is 1. The van der Waals surface area contributed by atoms with Crippen LogP contribution in [-0.4, -0.2) is 32.6 Å². The van der Waals surface area contributed by atoms with Crippen molar-refractivity contribution in [2.75, 3.05) is 26.0 Å². The summed E-state index contributed by atoms with van der Waals surface area (Å²) in [5.41, 5.74) is 3.32. The first-order valence-corrected chi connectivity index (χ1v) is 8.39. The number of likely N-dealkylation sites (N-methyl/N-ethyl adjacent to an activating group) is 1. The van der Waals surface area contributed by atoms with Crippen molar-refractivity contribution in [3.8, 4) is 0 Å². The predicted molar refractivity (Wildman–Crippen MR) is 97.7 cm³/mol. The SMILES string of the molecule is CCc1ccc(C[NH+](C)CC(=O)Nc2ccccc2C(=O)OC)cc1. The van der Waals surface area contributed by atoms with Crippen LogP contribution >= 0.6 is 0 Å². The molecule has 1 unspecified atom stereocenters. The van der Waals surface area contributed by atoms with Crippen LogP contribution in [0, 0.1) is 0 Å². The van der Waals surface area contributed by atoms with Gasteiger partial charge < -0.3 is 15.0 Å². The summed E-state index contributed by atoms with van der Waals surface area (Å²) in [6, 6.07) is 15.3. The molecule has 0 heterocycles. The number of anilines is 1. The molecule has 0 aromatic heterocycles. The first-order chi connectivity index (χ1) is 12.0. The van der Waals surface area contributed by atoms with Gasteiger partial charge in [0.2, 0.25) is 0 Å². The minimum Gasteiger partial charge on any atom is -0.465 e. The quantitative estimate of drug-likeness (QED) is 0.754. The molecule has 0 fully saturated rings. The lowest BCUT2D eigenvalue weighted by Crippen LogP contribution is -3.08. The zero-order chi connectivity index (χ0) is 18.2. The molecule has 0 bridgehead atoms. The van der Waals surface area contributed by atoms with Crippen molar-refractivity contribution >= 4 is 17.6 Å². The summed E-state index contributed by atoms with van der Waals surface area (Å²) < 4.78 is 4.74. The van der Waals surface area contributed by atoms with Gasteiger partial charge in [-0.2, -0.15) is 0 Å². The second-order valence-corrected chi connectivity index (χ2v) is 6.07. The number of quaternary nitrogens is 1. The van der Waals surface area contributed by atoms with E-state index in [1.807, 2.05) is 7.05 Å². The summed E-state index contributed by atoms with van der Waals surface area (Å²) >= 11 is 0. The van der Waals surface area contributed by atoms with Gasteiger partial charge in [0.1, 0.15) is 6.54 Å². The molecule has 0 spiro atoms. The van der Waals surface area contributed by atoms with E-state index in [1.165, 1.54) is 18.2 Å². The fourth-order valence-electron chi connectivity index (χ4n) is 2.65. The maximum Gasteiger partial charge on any atom is 0.339 e.